The van der Waals surface area contributed by atoms with Crippen LogP contribution in [-0.4, -0.2) is 205 Å². The highest BCUT2D eigenvalue weighted by atomic mass is 32.2. The molecule has 0 aliphatic carbocycles. The van der Waals surface area contributed by atoms with E-state index < -0.39 is 144 Å². The SMILES string of the molecule is CSCC[C@H](NC(=O)[C@H](CC(C)C)NC(=O)CNC(=O)[C@H](Cc1ccccc1)NC(=O)[C@H](Cc1ccccc1)NC(=O)[C@H](CCSC)NC(=O)[C@H](CCSC)NC(=O)CNC(=O)[C@H](CCCCN)NC(=O)[C@H](C)NC(=O)[C@H](CCCN=C(N)N)NC(=O)[C@@H](N)Cc1ccc(O)cc1)C(N)=O. The molecule has 30 nitrogen and oxygen atoms in total. The van der Waals surface area contributed by atoms with Gasteiger partial charge in [-0.25, -0.2) is 0 Å². The molecule has 0 fully saturated rings. The van der Waals surface area contributed by atoms with Crippen LogP contribution in [-0.2, 0) is 76.8 Å². The first kappa shape index (κ1) is 85.6. The van der Waals surface area contributed by atoms with Crippen LogP contribution in [0.2, 0.25) is 0 Å². The zero-order chi connectivity index (χ0) is 74.1. The fourth-order valence-corrected chi connectivity index (χ4v) is 11.4. The highest BCUT2D eigenvalue weighted by molar-refractivity contribution is 7.99. The Morgan fingerprint density at radius 1 is 0.430 bits per heavy atom. The molecule has 0 unspecified atom stereocenters. The number of phenolic OH excluding ortho intramolecular Hbond substituents is 1. The average Bonchev–Trinajstić information content (AvgIpc) is 0.873. The van der Waals surface area contributed by atoms with Gasteiger partial charge in [0.2, 0.25) is 70.9 Å². The second-order valence-corrected chi connectivity index (χ2v) is 27.2. The van der Waals surface area contributed by atoms with Crippen molar-refractivity contribution in [2.24, 2.45) is 39.6 Å². The maximum absolute atomic E-state index is 14.7. The van der Waals surface area contributed by atoms with E-state index in [1.807, 2.05) is 20.1 Å². The number of guanidine groups is 1. The van der Waals surface area contributed by atoms with Gasteiger partial charge in [-0.05, 0) is 148 Å². The zero-order valence-corrected chi connectivity index (χ0v) is 60.2. The van der Waals surface area contributed by atoms with Crippen LogP contribution in [0.25, 0.3) is 0 Å². The number of carbonyl (C=O) groups is 12. The van der Waals surface area contributed by atoms with Gasteiger partial charge in [0.1, 0.15) is 60.1 Å². The number of nitrogens with one attached hydrogen (secondary N) is 11. The van der Waals surface area contributed by atoms with Crippen LogP contribution in [0, 0.1) is 5.92 Å². The van der Waals surface area contributed by atoms with Crippen LogP contribution in [0.15, 0.2) is 89.9 Å². The molecule has 0 aliphatic heterocycles. The minimum Gasteiger partial charge on any atom is -0.508 e. The third kappa shape index (κ3) is 33.9. The number of thioether (sulfide) groups is 3. The zero-order valence-electron chi connectivity index (χ0n) is 57.8. The normalized spacial score (nSPS) is 14.0. The molecule has 12 amide bonds. The van der Waals surface area contributed by atoms with E-state index >= 15 is 0 Å². The lowest BCUT2D eigenvalue weighted by Crippen LogP contribution is -2.59. The molecule has 100 heavy (non-hydrogen) atoms. The molecule has 0 radical (unpaired) electrons. The van der Waals surface area contributed by atoms with Crippen LogP contribution in [0.4, 0.5) is 0 Å². The fraction of sp³-hybridized carbons (Fsp3) is 0.537. The van der Waals surface area contributed by atoms with Gasteiger partial charge in [-0.2, -0.15) is 35.3 Å². The topological polar surface area (TPSA) is 500 Å². The molecule has 3 aromatic carbocycles. The molecule has 0 saturated carbocycles. The summed E-state index contributed by atoms with van der Waals surface area (Å²) in [5, 5.41) is 38.9. The smallest absolute Gasteiger partial charge is 0.243 e. The van der Waals surface area contributed by atoms with E-state index in [0.717, 1.165) is 0 Å². The van der Waals surface area contributed by atoms with Gasteiger partial charge < -0.3 is 92.3 Å². The predicted octanol–water partition coefficient (Wildman–Crippen LogP) is -1.66. The Kier molecular flexibility index (Phi) is 40.6. The van der Waals surface area contributed by atoms with Crippen LogP contribution in [0.1, 0.15) is 95.2 Å². The second kappa shape index (κ2) is 47.4. The first-order chi connectivity index (χ1) is 47.7. The largest absolute Gasteiger partial charge is 0.508 e. The first-order valence-electron chi connectivity index (χ1n) is 33.1. The molecule has 3 aromatic rings. The van der Waals surface area contributed by atoms with Crippen molar-refractivity contribution in [1.82, 2.24) is 58.5 Å². The molecule has 0 spiro atoms. The lowest BCUT2D eigenvalue weighted by atomic mass is 10.0. The molecule has 22 N–H and O–H groups in total. The summed E-state index contributed by atoms with van der Waals surface area (Å²) >= 11 is 4.23. The van der Waals surface area contributed by atoms with E-state index in [-0.39, 0.29) is 94.9 Å². The molecule has 33 heteroatoms. The molecule has 552 valence electrons. The summed E-state index contributed by atoms with van der Waals surface area (Å²) in [5.74, 6) is -7.91. The minimum atomic E-state index is -1.35. The molecule has 3 rings (SSSR count). The summed E-state index contributed by atoms with van der Waals surface area (Å²) in [6, 6.07) is 11.5. The summed E-state index contributed by atoms with van der Waals surface area (Å²) in [6.45, 7) is 4.18. The Balaban J connectivity index is 1.80. The number of hydrogen-bond acceptors (Lipinski definition) is 19. The number of hydrogen-bond donors (Lipinski definition) is 17. The van der Waals surface area contributed by atoms with Gasteiger partial charge in [0.25, 0.3) is 0 Å². The first-order valence-corrected chi connectivity index (χ1v) is 37.3. The van der Waals surface area contributed by atoms with E-state index in [4.69, 9.17) is 28.7 Å². The Labute approximate surface area is 597 Å². The number of carbonyl (C=O) groups excluding carboxylic acids is 12. The summed E-state index contributed by atoms with van der Waals surface area (Å²) < 4.78 is 0. The van der Waals surface area contributed by atoms with Crippen molar-refractivity contribution >= 4 is 112 Å². The van der Waals surface area contributed by atoms with Gasteiger partial charge in [-0.1, -0.05) is 86.6 Å². The van der Waals surface area contributed by atoms with Crippen molar-refractivity contribution in [3.63, 3.8) is 0 Å². The quantitative estimate of drug-likeness (QED) is 0.0171. The number of amides is 12. The van der Waals surface area contributed by atoms with E-state index in [1.165, 1.54) is 54.3 Å². The third-order valence-electron chi connectivity index (χ3n) is 15.5. The highest BCUT2D eigenvalue weighted by Gasteiger charge is 2.34. The van der Waals surface area contributed by atoms with Crippen molar-refractivity contribution in [3.05, 3.63) is 102 Å². The van der Waals surface area contributed by atoms with Crippen molar-refractivity contribution in [2.75, 3.05) is 62.2 Å². The second-order valence-electron chi connectivity index (χ2n) is 24.2. The van der Waals surface area contributed by atoms with Gasteiger partial charge in [0.05, 0.1) is 19.1 Å². The van der Waals surface area contributed by atoms with Crippen molar-refractivity contribution < 1.29 is 62.6 Å². The van der Waals surface area contributed by atoms with Crippen LogP contribution < -0.4 is 87.2 Å². The summed E-state index contributed by atoms with van der Waals surface area (Å²) in [4.78, 5) is 169. The monoisotopic (exact) mass is 1450 g/mol. The molecular weight excluding hydrogens is 1350 g/mol. The minimum absolute atomic E-state index is 0.0253. The maximum Gasteiger partial charge on any atom is 0.243 e. The number of aliphatic imine (C=N–C) groups is 1. The summed E-state index contributed by atoms with van der Waals surface area (Å²) in [6.07, 6.45) is 7.17. The average molecular weight is 1450 g/mol. The number of aromatic hydroxyl groups is 1. The van der Waals surface area contributed by atoms with Crippen LogP contribution in [0.3, 0.4) is 0 Å². The van der Waals surface area contributed by atoms with E-state index in [9.17, 15) is 62.6 Å². The van der Waals surface area contributed by atoms with E-state index in [0.29, 0.717) is 46.8 Å². The molecule has 0 heterocycles. The van der Waals surface area contributed by atoms with Gasteiger partial charge in [0, 0.05) is 19.4 Å². The Hall–Kier alpha value is -8.66. The van der Waals surface area contributed by atoms with Crippen molar-refractivity contribution in [2.45, 2.75) is 158 Å². The Bertz CT molecular complexity index is 3140. The molecule has 0 aliphatic rings. The lowest BCUT2D eigenvalue weighted by Gasteiger charge is -2.27. The Morgan fingerprint density at radius 2 is 0.820 bits per heavy atom. The van der Waals surface area contributed by atoms with Gasteiger partial charge in [-0.3, -0.25) is 62.5 Å². The summed E-state index contributed by atoms with van der Waals surface area (Å²) in [7, 11) is 0. The number of rotatable bonds is 48. The number of unbranched alkanes of at least 4 members (excludes halogenated alkanes) is 1. The molecule has 10 atom stereocenters. The van der Waals surface area contributed by atoms with E-state index in [1.54, 1.807) is 85.3 Å². The van der Waals surface area contributed by atoms with Crippen LogP contribution >= 0.6 is 35.3 Å². The van der Waals surface area contributed by atoms with Gasteiger partial charge in [0.15, 0.2) is 5.96 Å². The van der Waals surface area contributed by atoms with Crippen molar-refractivity contribution in [1.29, 1.82) is 0 Å². The van der Waals surface area contributed by atoms with Gasteiger partial charge >= 0.3 is 0 Å². The molecule has 0 saturated heterocycles. The number of nitrogens with zero attached hydrogens (tertiary/aromatic N) is 1. The molecule has 0 bridgehead atoms. The van der Waals surface area contributed by atoms with E-state index in [2.05, 4.69) is 63.5 Å². The predicted molar refractivity (Wildman–Crippen MR) is 390 cm³/mol. The molecular formula is C67H103N17O13S3. The number of primary amides is 1. The highest BCUT2D eigenvalue weighted by Crippen LogP contribution is 2.15. The standard InChI is InChI=1S/C67H103N17O13S3/c1-40(2)34-52(65(96)79-47(57(70)88)26-31-98-4)78-56(87)39-75-61(92)53(36-42-16-9-7-10-17-42)83-66(97)54(37-43-18-11-8-12-19-43)84-64(95)51(28-33-100-6)82-63(94)50(27-32-99-5)77-55(86)38-74-60(91)48(20-13-14-29-68)80-58(89)41(3)76-62(93)49(21-15-30-73-67(71)72)81-59(90)46(69)35-44-22-24-45(85)25-23-44/h7-12,16-19,22-25,40-41,46-54,85H,13-15,20-21,26-39,68-69H2,1-6H3,(H2,70,88)(H,74,91)(H,75,92)(H,76,93)(H,77,86)(H,78,87)(H,79,96)(H,80,89)(H,81,90)(H,82,94)(H,83,97)(H,84,95)(H4,71,72,73)/t41-,46-,47-,48-,49-,50-,51-,52-,53-,54-/m0/s1. The number of nitrogens with two attached hydrogens (primary N) is 5. The lowest BCUT2D eigenvalue weighted by molar-refractivity contribution is -0.135. The Morgan fingerprint density at radius 3 is 1.32 bits per heavy atom. The number of benzene rings is 3. The molecule has 0 aromatic heterocycles. The van der Waals surface area contributed by atoms with Crippen LogP contribution in [0.5, 0.6) is 5.75 Å². The van der Waals surface area contributed by atoms with Crippen molar-refractivity contribution in [3.8, 4) is 5.75 Å². The fourth-order valence-electron chi connectivity index (χ4n) is 9.98. The third-order valence-corrected chi connectivity index (χ3v) is 17.4. The van der Waals surface area contributed by atoms with Gasteiger partial charge in [-0.15, -0.1) is 0 Å². The number of phenols is 1. The maximum atomic E-state index is 14.7. The summed E-state index contributed by atoms with van der Waals surface area (Å²) in [5.41, 5.74) is 30.4.